The summed E-state index contributed by atoms with van der Waals surface area (Å²) < 4.78 is 37.7. The van der Waals surface area contributed by atoms with Crippen molar-refractivity contribution in [1.82, 2.24) is 10.2 Å². The third-order valence-electron chi connectivity index (χ3n) is 5.13. The molecule has 0 aliphatic carbocycles. The largest absolute Gasteiger partial charge is 0.485 e. The van der Waals surface area contributed by atoms with E-state index < -0.39 is 17.7 Å². The van der Waals surface area contributed by atoms with E-state index in [0.717, 1.165) is 37.6 Å². The highest BCUT2D eigenvalue weighted by Gasteiger charge is 2.30. The van der Waals surface area contributed by atoms with Crippen LogP contribution < -0.4 is 14.8 Å². The monoisotopic (exact) mass is 388 g/mol. The van der Waals surface area contributed by atoms with Crippen LogP contribution in [-0.2, 0) is 11.3 Å². The van der Waals surface area contributed by atoms with Crippen LogP contribution in [0.15, 0.2) is 42.5 Å². The predicted octanol–water partition coefficient (Wildman–Crippen LogP) is 2.89. The van der Waals surface area contributed by atoms with Gasteiger partial charge in [-0.05, 0) is 42.7 Å². The number of benzene rings is 2. The summed E-state index contributed by atoms with van der Waals surface area (Å²) in [6.45, 7) is 2.30. The van der Waals surface area contributed by atoms with Gasteiger partial charge < -0.3 is 14.8 Å². The summed E-state index contributed by atoms with van der Waals surface area (Å²) in [6, 6.07) is 11.3. The van der Waals surface area contributed by atoms with Gasteiger partial charge in [-0.2, -0.15) is 0 Å². The minimum Gasteiger partial charge on any atom is -0.485 e. The van der Waals surface area contributed by atoms with E-state index in [1.54, 1.807) is 12.1 Å². The second kappa shape index (κ2) is 8.14. The summed E-state index contributed by atoms with van der Waals surface area (Å²) in [5.74, 6) is -0.599. The summed E-state index contributed by atoms with van der Waals surface area (Å²) in [4.78, 5) is 14.7. The maximum absolute atomic E-state index is 13.3. The van der Waals surface area contributed by atoms with Crippen LogP contribution in [0, 0.1) is 11.6 Å². The first-order valence-electron chi connectivity index (χ1n) is 9.43. The zero-order chi connectivity index (χ0) is 19.5. The molecule has 1 saturated heterocycles. The van der Waals surface area contributed by atoms with E-state index in [1.807, 2.05) is 18.2 Å². The number of fused-ring (bicyclic) bond motifs is 1. The summed E-state index contributed by atoms with van der Waals surface area (Å²) in [5, 5.41) is 3.04. The first kappa shape index (κ1) is 18.7. The fraction of sp³-hybridized carbons (Fsp3) is 0.381. The maximum Gasteiger partial charge on any atom is 0.264 e. The number of halogens is 2. The van der Waals surface area contributed by atoms with Crippen molar-refractivity contribution in [3.8, 4) is 11.5 Å². The van der Waals surface area contributed by atoms with Gasteiger partial charge in [0.15, 0.2) is 23.1 Å². The van der Waals surface area contributed by atoms with Gasteiger partial charge in [0.05, 0.1) is 0 Å². The van der Waals surface area contributed by atoms with Crippen LogP contribution in [0.2, 0.25) is 0 Å². The molecule has 5 nitrogen and oxygen atoms in total. The molecule has 4 rings (SSSR count). The molecule has 1 fully saturated rings. The van der Waals surface area contributed by atoms with Crippen LogP contribution in [-0.4, -0.2) is 42.6 Å². The lowest BCUT2D eigenvalue weighted by molar-refractivity contribution is -0.131. The SMILES string of the molecule is O=C(NC1CCN(Cc2ccc(F)c(F)c2)CC1)C1COc2ccccc2O1. The molecule has 0 saturated carbocycles. The van der Waals surface area contributed by atoms with Crippen LogP contribution >= 0.6 is 0 Å². The van der Waals surface area contributed by atoms with E-state index in [1.165, 1.54) is 6.07 Å². The van der Waals surface area contributed by atoms with Crippen molar-refractivity contribution in [2.24, 2.45) is 0 Å². The highest BCUT2D eigenvalue weighted by Crippen LogP contribution is 2.31. The highest BCUT2D eigenvalue weighted by atomic mass is 19.2. The Labute approximate surface area is 162 Å². The Balaban J connectivity index is 1.25. The molecule has 148 valence electrons. The van der Waals surface area contributed by atoms with Crippen molar-refractivity contribution in [3.63, 3.8) is 0 Å². The molecule has 2 aliphatic heterocycles. The first-order chi connectivity index (χ1) is 13.6. The average Bonchev–Trinajstić information content (AvgIpc) is 2.72. The van der Waals surface area contributed by atoms with Crippen LogP contribution in [0.5, 0.6) is 11.5 Å². The Bertz CT molecular complexity index is 853. The molecule has 2 aromatic rings. The number of ether oxygens (including phenoxy) is 2. The fourth-order valence-electron chi connectivity index (χ4n) is 3.57. The Hall–Kier alpha value is -2.67. The first-order valence-corrected chi connectivity index (χ1v) is 9.43. The minimum atomic E-state index is -0.832. The van der Waals surface area contributed by atoms with E-state index in [2.05, 4.69) is 10.2 Å². The lowest BCUT2D eigenvalue weighted by Crippen LogP contribution is -2.50. The number of carbonyl (C=O) groups is 1. The average molecular weight is 388 g/mol. The van der Waals surface area contributed by atoms with Crippen LogP contribution in [0.25, 0.3) is 0 Å². The number of para-hydroxylation sites is 2. The van der Waals surface area contributed by atoms with Crippen molar-refractivity contribution in [2.45, 2.75) is 31.5 Å². The summed E-state index contributed by atoms with van der Waals surface area (Å²) in [5.41, 5.74) is 0.743. The fourth-order valence-corrected chi connectivity index (χ4v) is 3.57. The van der Waals surface area contributed by atoms with E-state index >= 15 is 0 Å². The third kappa shape index (κ3) is 4.25. The van der Waals surface area contributed by atoms with Crippen LogP contribution in [0.1, 0.15) is 18.4 Å². The van der Waals surface area contributed by atoms with Crippen LogP contribution in [0.3, 0.4) is 0 Å². The molecule has 28 heavy (non-hydrogen) atoms. The molecule has 1 N–H and O–H groups in total. The molecule has 1 atom stereocenters. The van der Waals surface area contributed by atoms with Crippen molar-refractivity contribution in [3.05, 3.63) is 59.7 Å². The lowest BCUT2D eigenvalue weighted by Gasteiger charge is -2.33. The summed E-state index contributed by atoms with van der Waals surface area (Å²) in [6.07, 6.45) is 0.925. The van der Waals surface area contributed by atoms with Gasteiger partial charge in [-0.1, -0.05) is 18.2 Å². The second-order valence-electron chi connectivity index (χ2n) is 7.17. The standard InChI is InChI=1S/C21H22F2N2O3/c22-16-6-5-14(11-17(16)23)12-25-9-7-15(8-10-25)24-21(26)20-13-27-18-3-1-2-4-19(18)28-20/h1-6,11,15,20H,7-10,12-13H2,(H,24,26). The topological polar surface area (TPSA) is 50.8 Å². The van der Waals surface area contributed by atoms with Gasteiger partial charge in [-0.3, -0.25) is 9.69 Å². The molecule has 2 aliphatic rings. The van der Waals surface area contributed by atoms with Gasteiger partial charge >= 0.3 is 0 Å². The van der Waals surface area contributed by atoms with Crippen molar-refractivity contribution < 1.29 is 23.0 Å². The number of carbonyl (C=O) groups excluding carboxylic acids is 1. The van der Waals surface area contributed by atoms with Gasteiger partial charge in [0.2, 0.25) is 6.10 Å². The Morgan fingerprint density at radius 3 is 2.57 bits per heavy atom. The van der Waals surface area contributed by atoms with E-state index in [4.69, 9.17) is 9.47 Å². The zero-order valence-electron chi connectivity index (χ0n) is 15.4. The number of nitrogens with one attached hydrogen (secondary N) is 1. The smallest absolute Gasteiger partial charge is 0.264 e. The van der Waals surface area contributed by atoms with Gasteiger partial charge in [0, 0.05) is 25.7 Å². The number of hydrogen-bond acceptors (Lipinski definition) is 4. The second-order valence-corrected chi connectivity index (χ2v) is 7.17. The highest BCUT2D eigenvalue weighted by molar-refractivity contribution is 5.82. The van der Waals surface area contributed by atoms with E-state index in [9.17, 15) is 13.6 Å². The number of piperidine rings is 1. The molecule has 0 spiro atoms. The van der Waals surface area contributed by atoms with Gasteiger partial charge in [0.25, 0.3) is 5.91 Å². The van der Waals surface area contributed by atoms with Crippen molar-refractivity contribution in [1.29, 1.82) is 0 Å². The van der Waals surface area contributed by atoms with Crippen LogP contribution in [0.4, 0.5) is 8.78 Å². The number of amides is 1. The third-order valence-corrected chi connectivity index (χ3v) is 5.13. The molecule has 0 radical (unpaired) electrons. The van der Waals surface area contributed by atoms with Crippen molar-refractivity contribution in [2.75, 3.05) is 19.7 Å². The zero-order valence-corrected chi connectivity index (χ0v) is 15.4. The van der Waals surface area contributed by atoms with Gasteiger partial charge in [0.1, 0.15) is 6.61 Å². The van der Waals surface area contributed by atoms with E-state index in [0.29, 0.717) is 18.0 Å². The normalized spacial score (nSPS) is 20.0. The molecular formula is C21H22F2N2O3. The Morgan fingerprint density at radius 2 is 1.82 bits per heavy atom. The number of nitrogens with zero attached hydrogens (tertiary/aromatic N) is 1. The Morgan fingerprint density at radius 1 is 1.07 bits per heavy atom. The summed E-state index contributed by atoms with van der Waals surface area (Å²) in [7, 11) is 0. The molecule has 2 heterocycles. The quantitative estimate of drug-likeness (QED) is 0.875. The molecule has 1 amide bonds. The molecule has 0 bridgehead atoms. The van der Waals surface area contributed by atoms with Crippen molar-refractivity contribution >= 4 is 5.91 Å². The number of rotatable bonds is 4. The molecule has 0 aromatic heterocycles. The number of likely N-dealkylation sites (tertiary alicyclic amines) is 1. The number of hydrogen-bond donors (Lipinski definition) is 1. The summed E-state index contributed by atoms with van der Waals surface area (Å²) >= 11 is 0. The molecule has 2 aromatic carbocycles. The maximum atomic E-state index is 13.3. The molecule has 7 heteroatoms. The minimum absolute atomic E-state index is 0.0643. The predicted molar refractivity (Wildman–Crippen MR) is 99.2 cm³/mol. The Kier molecular flexibility index (Phi) is 5.43. The van der Waals surface area contributed by atoms with E-state index in [-0.39, 0.29) is 18.6 Å². The molecular weight excluding hydrogens is 366 g/mol. The lowest BCUT2D eigenvalue weighted by atomic mass is 10.0. The molecule has 1 unspecified atom stereocenters. The van der Waals surface area contributed by atoms with Gasteiger partial charge in [-0.25, -0.2) is 8.78 Å². The van der Waals surface area contributed by atoms with Gasteiger partial charge in [-0.15, -0.1) is 0 Å².